The Labute approximate surface area is 99.6 Å². The molecule has 3 unspecified atom stereocenters. The summed E-state index contributed by atoms with van der Waals surface area (Å²) in [5, 5.41) is 3.46. The maximum absolute atomic E-state index is 12.2. The van der Waals surface area contributed by atoms with Gasteiger partial charge in [-0.15, -0.1) is 0 Å². The Morgan fingerprint density at radius 3 is 2.38 bits per heavy atom. The summed E-state index contributed by atoms with van der Waals surface area (Å²) in [6.45, 7) is 10.8. The number of nitrogens with one attached hydrogen (secondary N) is 1. The summed E-state index contributed by atoms with van der Waals surface area (Å²) in [4.78, 5) is 14.3. The van der Waals surface area contributed by atoms with Crippen molar-refractivity contribution in [2.45, 2.75) is 72.1 Å². The molecule has 3 atom stereocenters. The largest absolute Gasteiger partial charge is 0.323 e. The Kier molecular flexibility index (Phi) is 4.78. The van der Waals surface area contributed by atoms with E-state index in [9.17, 15) is 4.79 Å². The van der Waals surface area contributed by atoms with Crippen molar-refractivity contribution in [2.24, 2.45) is 5.92 Å². The van der Waals surface area contributed by atoms with Crippen molar-refractivity contribution in [3.63, 3.8) is 0 Å². The molecule has 0 aromatic carbocycles. The van der Waals surface area contributed by atoms with Crippen LogP contribution in [0.5, 0.6) is 0 Å². The molecule has 1 heterocycles. The van der Waals surface area contributed by atoms with E-state index in [1.807, 2.05) is 0 Å². The lowest BCUT2D eigenvalue weighted by atomic mass is 10.1. The number of rotatable bonds is 5. The van der Waals surface area contributed by atoms with Crippen LogP contribution in [-0.4, -0.2) is 29.1 Å². The monoisotopic (exact) mass is 226 g/mol. The molecular weight excluding hydrogens is 200 g/mol. The second-order valence-electron chi connectivity index (χ2n) is 5.20. The van der Waals surface area contributed by atoms with Gasteiger partial charge in [-0.1, -0.05) is 34.1 Å². The zero-order valence-corrected chi connectivity index (χ0v) is 11.3. The maximum atomic E-state index is 12.2. The van der Waals surface area contributed by atoms with Gasteiger partial charge in [0, 0.05) is 6.04 Å². The Bertz CT molecular complexity index is 240. The van der Waals surface area contributed by atoms with Crippen LogP contribution in [0, 0.1) is 5.92 Å². The van der Waals surface area contributed by atoms with Gasteiger partial charge in [-0.2, -0.15) is 0 Å². The minimum Gasteiger partial charge on any atom is -0.323 e. The SMILES string of the molecule is CCCC(C)N1C(=O)C(CC)NC1C(C)C. The van der Waals surface area contributed by atoms with Crippen LogP contribution in [0.15, 0.2) is 0 Å². The van der Waals surface area contributed by atoms with Gasteiger partial charge in [-0.3, -0.25) is 10.1 Å². The fraction of sp³-hybridized carbons (Fsp3) is 0.923. The highest BCUT2D eigenvalue weighted by Gasteiger charge is 2.41. The lowest BCUT2D eigenvalue weighted by molar-refractivity contribution is -0.132. The number of amides is 1. The van der Waals surface area contributed by atoms with Crippen LogP contribution in [-0.2, 0) is 4.79 Å². The number of hydrogen-bond donors (Lipinski definition) is 1. The lowest BCUT2D eigenvalue weighted by Gasteiger charge is -2.32. The van der Waals surface area contributed by atoms with Crippen molar-refractivity contribution in [3.05, 3.63) is 0 Å². The molecule has 1 amide bonds. The minimum atomic E-state index is 0.0340. The fourth-order valence-corrected chi connectivity index (χ4v) is 2.53. The molecular formula is C13H26N2O. The third-order valence-electron chi connectivity index (χ3n) is 3.45. The molecule has 16 heavy (non-hydrogen) atoms. The second-order valence-corrected chi connectivity index (χ2v) is 5.20. The molecule has 1 aliphatic heterocycles. The first-order valence-corrected chi connectivity index (χ1v) is 6.61. The quantitative estimate of drug-likeness (QED) is 0.780. The van der Waals surface area contributed by atoms with E-state index >= 15 is 0 Å². The van der Waals surface area contributed by atoms with Crippen molar-refractivity contribution >= 4 is 5.91 Å². The Hall–Kier alpha value is -0.570. The van der Waals surface area contributed by atoms with Gasteiger partial charge in [0.25, 0.3) is 0 Å². The number of nitrogens with zero attached hydrogens (tertiary/aromatic N) is 1. The fourth-order valence-electron chi connectivity index (χ4n) is 2.53. The number of carbonyl (C=O) groups excluding carboxylic acids is 1. The summed E-state index contributed by atoms with van der Waals surface area (Å²) < 4.78 is 0. The van der Waals surface area contributed by atoms with Crippen LogP contribution in [0.2, 0.25) is 0 Å². The minimum absolute atomic E-state index is 0.0340. The molecule has 0 bridgehead atoms. The standard InChI is InChI=1S/C13H26N2O/c1-6-8-10(5)15-12(9(3)4)14-11(7-2)13(15)16/h9-12,14H,6-8H2,1-5H3. The van der Waals surface area contributed by atoms with Crippen LogP contribution in [0.25, 0.3) is 0 Å². The van der Waals surface area contributed by atoms with Crippen LogP contribution in [0.3, 0.4) is 0 Å². The lowest BCUT2D eigenvalue weighted by Crippen LogP contribution is -2.46. The second kappa shape index (κ2) is 5.67. The first kappa shape index (κ1) is 13.5. The molecule has 1 fully saturated rings. The van der Waals surface area contributed by atoms with Crippen molar-refractivity contribution in [1.82, 2.24) is 10.2 Å². The highest BCUT2D eigenvalue weighted by molar-refractivity contribution is 5.84. The van der Waals surface area contributed by atoms with Gasteiger partial charge in [0.15, 0.2) is 0 Å². The summed E-state index contributed by atoms with van der Waals surface area (Å²) in [7, 11) is 0. The molecule has 94 valence electrons. The summed E-state index contributed by atoms with van der Waals surface area (Å²) in [6.07, 6.45) is 3.33. The van der Waals surface area contributed by atoms with E-state index in [0.29, 0.717) is 17.9 Å². The normalized spacial score (nSPS) is 27.9. The Morgan fingerprint density at radius 1 is 1.31 bits per heavy atom. The molecule has 1 aliphatic rings. The Morgan fingerprint density at radius 2 is 1.94 bits per heavy atom. The first-order chi connectivity index (χ1) is 7.52. The topological polar surface area (TPSA) is 32.3 Å². The first-order valence-electron chi connectivity index (χ1n) is 6.61. The van der Waals surface area contributed by atoms with Crippen molar-refractivity contribution < 1.29 is 4.79 Å². The summed E-state index contributed by atoms with van der Waals surface area (Å²) >= 11 is 0. The number of carbonyl (C=O) groups is 1. The van der Waals surface area contributed by atoms with Crippen LogP contribution >= 0.6 is 0 Å². The van der Waals surface area contributed by atoms with E-state index in [2.05, 4.69) is 44.8 Å². The third-order valence-corrected chi connectivity index (χ3v) is 3.45. The van der Waals surface area contributed by atoms with Gasteiger partial charge >= 0.3 is 0 Å². The molecule has 3 heteroatoms. The van der Waals surface area contributed by atoms with Gasteiger partial charge in [0.2, 0.25) is 5.91 Å². The van der Waals surface area contributed by atoms with Crippen molar-refractivity contribution in [2.75, 3.05) is 0 Å². The molecule has 0 spiro atoms. The predicted molar refractivity (Wildman–Crippen MR) is 67.1 cm³/mol. The zero-order valence-electron chi connectivity index (χ0n) is 11.3. The smallest absolute Gasteiger partial charge is 0.241 e. The Balaban J connectivity index is 2.80. The zero-order chi connectivity index (χ0) is 12.3. The molecule has 0 aliphatic carbocycles. The van der Waals surface area contributed by atoms with E-state index in [1.54, 1.807) is 0 Å². The summed E-state index contributed by atoms with van der Waals surface area (Å²) in [6, 6.07) is 0.389. The van der Waals surface area contributed by atoms with Gasteiger partial charge < -0.3 is 4.90 Å². The molecule has 1 N–H and O–H groups in total. The molecule has 3 nitrogen and oxygen atoms in total. The van der Waals surface area contributed by atoms with E-state index in [0.717, 1.165) is 19.3 Å². The highest BCUT2D eigenvalue weighted by atomic mass is 16.2. The average molecular weight is 226 g/mol. The molecule has 1 saturated heterocycles. The molecule has 0 aromatic heterocycles. The summed E-state index contributed by atoms with van der Waals surface area (Å²) in [5.74, 6) is 0.766. The van der Waals surface area contributed by atoms with E-state index in [4.69, 9.17) is 0 Å². The maximum Gasteiger partial charge on any atom is 0.241 e. The molecule has 0 saturated carbocycles. The van der Waals surface area contributed by atoms with Crippen LogP contribution in [0.1, 0.15) is 53.9 Å². The van der Waals surface area contributed by atoms with E-state index < -0.39 is 0 Å². The highest BCUT2D eigenvalue weighted by Crippen LogP contribution is 2.23. The van der Waals surface area contributed by atoms with Crippen molar-refractivity contribution in [3.8, 4) is 0 Å². The summed E-state index contributed by atoms with van der Waals surface area (Å²) in [5.41, 5.74) is 0. The predicted octanol–water partition coefficient (Wildman–Crippen LogP) is 2.37. The average Bonchev–Trinajstić information content (AvgIpc) is 2.55. The van der Waals surface area contributed by atoms with E-state index in [1.165, 1.54) is 0 Å². The van der Waals surface area contributed by atoms with Gasteiger partial charge in [0.05, 0.1) is 12.2 Å². The molecule has 0 aromatic rings. The van der Waals surface area contributed by atoms with Crippen LogP contribution < -0.4 is 5.32 Å². The van der Waals surface area contributed by atoms with Gasteiger partial charge in [-0.25, -0.2) is 0 Å². The van der Waals surface area contributed by atoms with Gasteiger partial charge in [-0.05, 0) is 25.7 Å². The molecule has 0 radical (unpaired) electrons. The van der Waals surface area contributed by atoms with E-state index in [-0.39, 0.29) is 12.2 Å². The number of hydrogen-bond acceptors (Lipinski definition) is 2. The molecule has 1 rings (SSSR count). The third kappa shape index (κ3) is 2.57. The van der Waals surface area contributed by atoms with Gasteiger partial charge in [0.1, 0.15) is 0 Å². The van der Waals surface area contributed by atoms with Crippen LogP contribution in [0.4, 0.5) is 0 Å². The van der Waals surface area contributed by atoms with Crippen molar-refractivity contribution in [1.29, 1.82) is 0 Å².